The van der Waals surface area contributed by atoms with Crippen molar-refractivity contribution in [3.63, 3.8) is 0 Å². The maximum atomic E-state index is 10.9. The summed E-state index contributed by atoms with van der Waals surface area (Å²) in [5.41, 5.74) is 7.07. The third-order valence-corrected chi connectivity index (χ3v) is 2.01. The number of esters is 1. The van der Waals surface area contributed by atoms with Crippen LogP contribution < -0.4 is 5.73 Å². The van der Waals surface area contributed by atoms with Crippen LogP contribution in [0.1, 0.15) is 5.56 Å². The normalized spacial score (nSPS) is 9.69. The molecule has 2 N–H and O–H groups in total. The molecule has 0 aromatic heterocycles. The van der Waals surface area contributed by atoms with Crippen LogP contribution in [0.4, 0.5) is 5.69 Å². The molecular weight excluding hydrogens is 234 g/mol. The van der Waals surface area contributed by atoms with Crippen LogP contribution in [-0.4, -0.2) is 13.1 Å². The average Bonchev–Trinajstić information content (AvgIpc) is 2.02. The van der Waals surface area contributed by atoms with Gasteiger partial charge in [0, 0.05) is 10.2 Å². The van der Waals surface area contributed by atoms with Gasteiger partial charge in [0.1, 0.15) is 0 Å². The smallest absolute Gasteiger partial charge is 0.309 e. The second-order valence-electron chi connectivity index (χ2n) is 2.65. The summed E-state index contributed by atoms with van der Waals surface area (Å²) in [4.78, 5) is 10.9. The van der Waals surface area contributed by atoms with E-state index >= 15 is 0 Å². The van der Waals surface area contributed by atoms with Gasteiger partial charge in [-0.2, -0.15) is 0 Å². The van der Waals surface area contributed by atoms with Gasteiger partial charge in [0.25, 0.3) is 0 Å². The zero-order valence-corrected chi connectivity index (χ0v) is 8.80. The first-order valence-corrected chi connectivity index (χ1v) is 4.53. The van der Waals surface area contributed by atoms with Crippen molar-refractivity contribution in [1.82, 2.24) is 0 Å². The van der Waals surface area contributed by atoms with Crippen molar-refractivity contribution in [1.29, 1.82) is 0 Å². The van der Waals surface area contributed by atoms with Crippen LogP contribution in [0.3, 0.4) is 0 Å². The SMILES string of the molecule is COC(=O)Cc1cc(N)cc(Br)c1. The van der Waals surface area contributed by atoms with Crippen molar-refractivity contribution in [2.24, 2.45) is 0 Å². The van der Waals surface area contributed by atoms with Crippen molar-refractivity contribution in [2.75, 3.05) is 12.8 Å². The summed E-state index contributed by atoms with van der Waals surface area (Å²) in [5, 5.41) is 0. The van der Waals surface area contributed by atoms with E-state index in [9.17, 15) is 4.79 Å². The number of anilines is 1. The summed E-state index contributed by atoms with van der Waals surface area (Å²) >= 11 is 3.29. The Bertz CT molecular complexity index is 305. The summed E-state index contributed by atoms with van der Waals surface area (Å²) < 4.78 is 5.41. The Hall–Kier alpha value is -1.03. The lowest BCUT2D eigenvalue weighted by molar-refractivity contribution is -0.139. The minimum Gasteiger partial charge on any atom is -0.469 e. The molecule has 0 aliphatic rings. The van der Waals surface area contributed by atoms with E-state index in [-0.39, 0.29) is 12.4 Å². The molecule has 1 aromatic carbocycles. The molecule has 1 aromatic rings. The number of carbonyl (C=O) groups is 1. The second-order valence-corrected chi connectivity index (χ2v) is 3.56. The Labute approximate surface area is 85.0 Å². The van der Waals surface area contributed by atoms with Gasteiger partial charge in [-0.05, 0) is 23.8 Å². The Morgan fingerprint density at radius 1 is 1.54 bits per heavy atom. The highest BCUT2D eigenvalue weighted by Crippen LogP contribution is 2.17. The summed E-state index contributed by atoms with van der Waals surface area (Å²) in [6.07, 6.45) is 0.250. The molecule has 0 spiro atoms. The Kier molecular flexibility index (Phi) is 3.31. The van der Waals surface area contributed by atoms with E-state index in [1.165, 1.54) is 7.11 Å². The second kappa shape index (κ2) is 4.28. The minimum absolute atomic E-state index is 0.250. The lowest BCUT2D eigenvalue weighted by Gasteiger charge is -2.02. The molecule has 0 fully saturated rings. The van der Waals surface area contributed by atoms with Gasteiger partial charge in [-0.15, -0.1) is 0 Å². The molecule has 0 radical (unpaired) electrons. The third kappa shape index (κ3) is 3.06. The van der Waals surface area contributed by atoms with Crippen LogP contribution in [0.2, 0.25) is 0 Å². The summed E-state index contributed by atoms with van der Waals surface area (Å²) in [6, 6.07) is 5.37. The number of carbonyl (C=O) groups excluding carboxylic acids is 1. The molecule has 0 unspecified atom stereocenters. The Balaban J connectivity index is 2.83. The van der Waals surface area contributed by atoms with Crippen molar-refractivity contribution >= 4 is 27.6 Å². The standard InChI is InChI=1S/C9H10BrNO2/c1-13-9(12)4-6-2-7(10)5-8(11)3-6/h2-3,5H,4,11H2,1H3. The van der Waals surface area contributed by atoms with E-state index in [2.05, 4.69) is 20.7 Å². The predicted octanol–water partition coefficient (Wildman–Crippen LogP) is 1.75. The lowest BCUT2D eigenvalue weighted by atomic mass is 10.1. The van der Waals surface area contributed by atoms with E-state index in [1.54, 1.807) is 12.1 Å². The molecular formula is C9H10BrNO2. The fourth-order valence-electron chi connectivity index (χ4n) is 1.02. The van der Waals surface area contributed by atoms with Crippen molar-refractivity contribution in [3.05, 3.63) is 28.2 Å². The molecule has 70 valence electrons. The fourth-order valence-corrected chi connectivity index (χ4v) is 1.57. The number of benzene rings is 1. The number of rotatable bonds is 2. The number of nitrogens with two attached hydrogens (primary N) is 1. The highest BCUT2D eigenvalue weighted by molar-refractivity contribution is 9.10. The lowest BCUT2D eigenvalue weighted by Crippen LogP contribution is -2.04. The third-order valence-electron chi connectivity index (χ3n) is 1.56. The van der Waals surface area contributed by atoms with Gasteiger partial charge < -0.3 is 10.5 Å². The molecule has 0 amide bonds. The predicted molar refractivity (Wildman–Crippen MR) is 54.3 cm³/mol. The largest absolute Gasteiger partial charge is 0.469 e. The molecule has 0 heterocycles. The van der Waals surface area contributed by atoms with Gasteiger partial charge in [0.2, 0.25) is 0 Å². The Morgan fingerprint density at radius 2 is 2.23 bits per heavy atom. The van der Waals surface area contributed by atoms with Crippen LogP contribution in [0, 0.1) is 0 Å². The first kappa shape index (κ1) is 10.1. The van der Waals surface area contributed by atoms with Gasteiger partial charge in [-0.25, -0.2) is 0 Å². The first-order chi connectivity index (χ1) is 6.11. The number of ether oxygens (including phenoxy) is 1. The van der Waals surface area contributed by atoms with E-state index in [0.29, 0.717) is 5.69 Å². The zero-order valence-electron chi connectivity index (χ0n) is 7.21. The Morgan fingerprint density at radius 3 is 2.77 bits per heavy atom. The molecule has 1 rings (SSSR count). The summed E-state index contributed by atoms with van der Waals surface area (Å²) in [5.74, 6) is -0.266. The maximum Gasteiger partial charge on any atom is 0.309 e. The maximum absolute atomic E-state index is 10.9. The van der Waals surface area contributed by atoms with E-state index < -0.39 is 0 Å². The van der Waals surface area contributed by atoms with Crippen LogP contribution in [0.5, 0.6) is 0 Å². The number of hydrogen-bond donors (Lipinski definition) is 1. The molecule has 0 saturated heterocycles. The summed E-state index contributed by atoms with van der Waals surface area (Å²) in [6.45, 7) is 0. The molecule has 13 heavy (non-hydrogen) atoms. The van der Waals surface area contributed by atoms with Gasteiger partial charge >= 0.3 is 5.97 Å². The van der Waals surface area contributed by atoms with Crippen molar-refractivity contribution in [2.45, 2.75) is 6.42 Å². The van der Waals surface area contributed by atoms with E-state index in [0.717, 1.165) is 10.0 Å². The fraction of sp³-hybridized carbons (Fsp3) is 0.222. The quantitative estimate of drug-likeness (QED) is 0.636. The minimum atomic E-state index is -0.266. The van der Waals surface area contributed by atoms with Gasteiger partial charge in [0.05, 0.1) is 13.5 Å². The molecule has 0 saturated carbocycles. The average molecular weight is 244 g/mol. The number of methoxy groups -OCH3 is 1. The monoisotopic (exact) mass is 243 g/mol. The van der Waals surface area contributed by atoms with Gasteiger partial charge in [-0.1, -0.05) is 15.9 Å². The molecule has 0 aliphatic carbocycles. The van der Waals surface area contributed by atoms with Crippen LogP contribution in [0.15, 0.2) is 22.7 Å². The first-order valence-electron chi connectivity index (χ1n) is 3.73. The van der Waals surface area contributed by atoms with Crippen LogP contribution in [-0.2, 0) is 16.0 Å². The topological polar surface area (TPSA) is 52.3 Å². The van der Waals surface area contributed by atoms with E-state index in [1.807, 2.05) is 6.07 Å². The van der Waals surface area contributed by atoms with Crippen LogP contribution >= 0.6 is 15.9 Å². The molecule has 3 nitrogen and oxygen atoms in total. The number of hydrogen-bond acceptors (Lipinski definition) is 3. The van der Waals surface area contributed by atoms with Gasteiger partial charge in [0.15, 0.2) is 0 Å². The van der Waals surface area contributed by atoms with E-state index in [4.69, 9.17) is 5.73 Å². The summed E-state index contributed by atoms with van der Waals surface area (Å²) in [7, 11) is 1.36. The highest BCUT2D eigenvalue weighted by atomic mass is 79.9. The molecule has 0 bridgehead atoms. The van der Waals surface area contributed by atoms with Crippen molar-refractivity contribution < 1.29 is 9.53 Å². The van der Waals surface area contributed by atoms with Gasteiger partial charge in [-0.3, -0.25) is 4.79 Å². The van der Waals surface area contributed by atoms with Crippen LogP contribution in [0.25, 0.3) is 0 Å². The highest BCUT2D eigenvalue weighted by Gasteiger charge is 2.03. The van der Waals surface area contributed by atoms with Crippen molar-refractivity contribution in [3.8, 4) is 0 Å². The zero-order chi connectivity index (χ0) is 9.84. The molecule has 0 aliphatic heterocycles. The number of nitrogen functional groups attached to an aromatic ring is 1. The molecule has 4 heteroatoms. The number of halogens is 1. The molecule has 0 atom stereocenters.